The summed E-state index contributed by atoms with van der Waals surface area (Å²) in [4.78, 5) is 13.9. The molecule has 1 aliphatic heterocycles. The number of hydrogen-bond donors (Lipinski definition) is 2. The zero-order chi connectivity index (χ0) is 17.6. The van der Waals surface area contributed by atoms with Crippen LogP contribution in [0.25, 0.3) is 0 Å². The van der Waals surface area contributed by atoms with E-state index in [1.165, 1.54) is 0 Å². The predicted octanol–water partition coefficient (Wildman–Crippen LogP) is 3.50. The molecule has 2 aromatic carbocycles. The van der Waals surface area contributed by atoms with E-state index in [1.807, 2.05) is 61.5 Å². The maximum absolute atomic E-state index is 12.3. The first-order valence-electron chi connectivity index (χ1n) is 8.62. The van der Waals surface area contributed by atoms with Gasteiger partial charge in [-0.2, -0.15) is 0 Å². The van der Waals surface area contributed by atoms with E-state index in [0.29, 0.717) is 25.4 Å². The van der Waals surface area contributed by atoms with Gasteiger partial charge in [-0.15, -0.1) is 0 Å². The Morgan fingerprint density at radius 3 is 2.60 bits per heavy atom. The van der Waals surface area contributed by atoms with Gasteiger partial charge < -0.3 is 20.1 Å². The molecule has 2 N–H and O–H groups in total. The number of aliphatic hydroxyl groups excluding tert-OH is 1. The van der Waals surface area contributed by atoms with Crippen molar-refractivity contribution in [2.24, 2.45) is 5.92 Å². The number of amides is 2. The number of ether oxygens (including phenoxy) is 1. The largest absolute Gasteiger partial charge is 0.489 e. The van der Waals surface area contributed by atoms with Crippen LogP contribution < -0.4 is 10.1 Å². The highest BCUT2D eigenvalue weighted by Crippen LogP contribution is 2.20. The van der Waals surface area contributed by atoms with Crippen molar-refractivity contribution in [3.63, 3.8) is 0 Å². The van der Waals surface area contributed by atoms with Crippen molar-refractivity contribution >= 4 is 11.7 Å². The summed E-state index contributed by atoms with van der Waals surface area (Å²) in [6.45, 7) is 3.57. The van der Waals surface area contributed by atoms with Gasteiger partial charge in [-0.25, -0.2) is 4.79 Å². The standard InChI is InChI=1S/C20H24N2O3/c1-15-11-12-22(13-19(15)23)20(24)21-17-7-9-18(10-8-17)25-14-16-5-3-2-4-6-16/h2-10,15,19,23H,11-14H2,1H3,(H,21,24). The minimum absolute atomic E-state index is 0.177. The highest BCUT2D eigenvalue weighted by Gasteiger charge is 2.27. The van der Waals surface area contributed by atoms with E-state index in [1.54, 1.807) is 4.90 Å². The van der Waals surface area contributed by atoms with E-state index in [2.05, 4.69) is 5.32 Å². The van der Waals surface area contributed by atoms with Crippen molar-refractivity contribution in [2.75, 3.05) is 18.4 Å². The lowest BCUT2D eigenvalue weighted by atomic mass is 9.96. The summed E-state index contributed by atoms with van der Waals surface area (Å²) in [5.41, 5.74) is 1.82. The van der Waals surface area contributed by atoms with Crippen LogP contribution in [0.3, 0.4) is 0 Å². The molecule has 0 bridgehead atoms. The van der Waals surface area contributed by atoms with Gasteiger partial charge in [0, 0.05) is 18.8 Å². The van der Waals surface area contributed by atoms with Crippen molar-refractivity contribution < 1.29 is 14.6 Å². The minimum Gasteiger partial charge on any atom is -0.489 e. The summed E-state index contributed by atoms with van der Waals surface area (Å²) in [6, 6.07) is 17.1. The average Bonchev–Trinajstić information content (AvgIpc) is 2.64. The molecule has 2 atom stereocenters. The zero-order valence-corrected chi connectivity index (χ0v) is 14.4. The molecule has 0 radical (unpaired) electrons. The van der Waals surface area contributed by atoms with Gasteiger partial charge in [-0.1, -0.05) is 37.3 Å². The molecule has 1 saturated heterocycles. The van der Waals surface area contributed by atoms with Gasteiger partial charge in [-0.05, 0) is 42.2 Å². The smallest absolute Gasteiger partial charge is 0.321 e. The molecule has 1 heterocycles. The molecule has 0 aromatic heterocycles. The number of benzene rings is 2. The number of nitrogens with one attached hydrogen (secondary N) is 1. The molecule has 5 nitrogen and oxygen atoms in total. The second kappa shape index (κ2) is 8.03. The van der Waals surface area contributed by atoms with E-state index < -0.39 is 6.10 Å². The number of β-amino-alcohol motifs (C(OH)–C–C–N with tert-alkyl or cyclic N) is 1. The summed E-state index contributed by atoms with van der Waals surface area (Å²) in [5.74, 6) is 0.995. The third-order valence-electron chi connectivity index (χ3n) is 4.56. The number of piperidine rings is 1. The van der Waals surface area contributed by atoms with Crippen molar-refractivity contribution in [3.05, 3.63) is 60.2 Å². The number of anilines is 1. The average molecular weight is 340 g/mol. The molecule has 1 aliphatic rings. The maximum atomic E-state index is 12.3. The first kappa shape index (κ1) is 17.3. The van der Waals surface area contributed by atoms with Crippen molar-refractivity contribution in [2.45, 2.75) is 26.1 Å². The van der Waals surface area contributed by atoms with Crippen LogP contribution in [0.5, 0.6) is 5.75 Å². The fourth-order valence-electron chi connectivity index (χ4n) is 2.81. The van der Waals surface area contributed by atoms with Crippen LogP contribution in [0.1, 0.15) is 18.9 Å². The third kappa shape index (κ3) is 4.73. The van der Waals surface area contributed by atoms with E-state index in [-0.39, 0.29) is 11.9 Å². The zero-order valence-electron chi connectivity index (χ0n) is 14.4. The van der Waals surface area contributed by atoms with Crippen LogP contribution in [-0.4, -0.2) is 35.2 Å². The van der Waals surface area contributed by atoms with Gasteiger partial charge in [0.05, 0.1) is 6.10 Å². The van der Waals surface area contributed by atoms with Gasteiger partial charge in [0.25, 0.3) is 0 Å². The number of likely N-dealkylation sites (tertiary alicyclic amines) is 1. The van der Waals surface area contributed by atoms with E-state index in [4.69, 9.17) is 4.74 Å². The molecule has 2 unspecified atom stereocenters. The Hall–Kier alpha value is -2.53. The van der Waals surface area contributed by atoms with Crippen molar-refractivity contribution in [1.29, 1.82) is 0 Å². The highest BCUT2D eigenvalue weighted by atomic mass is 16.5. The first-order valence-corrected chi connectivity index (χ1v) is 8.62. The van der Waals surface area contributed by atoms with Gasteiger partial charge >= 0.3 is 6.03 Å². The molecular formula is C20H24N2O3. The normalized spacial score (nSPS) is 20.2. The molecular weight excluding hydrogens is 316 g/mol. The first-order chi connectivity index (χ1) is 12.1. The van der Waals surface area contributed by atoms with Crippen LogP contribution in [-0.2, 0) is 6.61 Å². The van der Waals surface area contributed by atoms with Gasteiger partial charge in [0.2, 0.25) is 0 Å². The number of urea groups is 1. The summed E-state index contributed by atoms with van der Waals surface area (Å²) < 4.78 is 5.74. The van der Waals surface area contributed by atoms with Crippen molar-refractivity contribution in [3.8, 4) is 5.75 Å². The SMILES string of the molecule is CC1CCN(C(=O)Nc2ccc(OCc3ccccc3)cc2)CC1O. The molecule has 2 amide bonds. The quantitative estimate of drug-likeness (QED) is 0.895. The summed E-state index contributed by atoms with van der Waals surface area (Å²) >= 11 is 0. The third-order valence-corrected chi connectivity index (χ3v) is 4.56. The van der Waals surface area contributed by atoms with Crippen LogP contribution in [0, 0.1) is 5.92 Å². The lowest BCUT2D eigenvalue weighted by Crippen LogP contribution is -2.47. The molecule has 2 aromatic rings. The van der Waals surface area contributed by atoms with E-state index >= 15 is 0 Å². The Morgan fingerprint density at radius 2 is 1.92 bits per heavy atom. The molecule has 3 rings (SSSR count). The van der Waals surface area contributed by atoms with Gasteiger partial charge in [0.1, 0.15) is 12.4 Å². The highest BCUT2D eigenvalue weighted by molar-refractivity contribution is 5.89. The van der Waals surface area contributed by atoms with Crippen LogP contribution in [0.2, 0.25) is 0 Å². The molecule has 0 spiro atoms. The number of rotatable bonds is 4. The second-order valence-corrected chi connectivity index (χ2v) is 6.51. The Morgan fingerprint density at radius 1 is 1.20 bits per heavy atom. The predicted molar refractivity (Wildman–Crippen MR) is 97.6 cm³/mol. The molecule has 132 valence electrons. The van der Waals surface area contributed by atoms with Crippen LogP contribution in [0.4, 0.5) is 10.5 Å². The van der Waals surface area contributed by atoms with E-state index in [9.17, 15) is 9.90 Å². The Labute approximate surface area is 148 Å². The molecule has 0 aliphatic carbocycles. The lowest BCUT2D eigenvalue weighted by Gasteiger charge is -2.34. The van der Waals surface area contributed by atoms with Crippen molar-refractivity contribution in [1.82, 2.24) is 4.90 Å². The van der Waals surface area contributed by atoms with Crippen LogP contribution >= 0.6 is 0 Å². The van der Waals surface area contributed by atoms with Gasteiger partial charge in [-0.3, -0.25) is 0 Å². The summed E-state index contributed by atoms with van der Waals surface area (Å²) in [6.07, 6.45) is 0.370. The van der Waals surface area contributed by atoms with Crippen LogP contribution in [0.15, 0.2) is 54.6 Å². The monoisotopic (exact) mass is 340 g/mol. The molecule has 25 heavy (non-hydrogen) atoms. The number of nitrogens with zero attached hydrogens (tertiary/aromatic N) is 1. The van der Waals surface area contributed by atoms with Gasteiger partial charge in [0.15, 0.2) is 0 Å². The number of aliphatic hydroxyl groups is 1. The molecule has 1 fully saturated rings. The Balaban J connectivity index is 1.51. The fraction of sp³-hybridized carbons (Fsp3) is 0.350. The minimum atomic E-state index is -0.451. The number of carbonyl (C=O) groups is 1. The number of carbonyl (C=O) groups excluding carboxylic acids is 1. The Kier molecular flexibility index (Phi) is 5.56. The molecule has 5 heteroatoms. The number of hydrogen-bond acceptors (Lipinski definition) is 3. The Bertz CT molecular complexity index is 688. The topological polar surface area (TPSA) is 61.8 Å². The maximum Gasteiger partial charge on any atom is 0.321 e. The lowest BCUT2D eigenvalue weighted by molar-refractivity contribution is 0.0464. The van der Waals surface area contributed by atoms with E-state index in [0.717, 1.165) is 17.7 Å². The summed E-state index contributed by atoms with van der Waals surface area (Å²) in [7, 11) is 0. The molecule has 0 saturated carbocycles. The summed E-state index contributed by atoms with van der Waals surface area (Å²) in [5, 5.41) is 12.8. The fourth-order valence-corrected chi connectivity index (χ4v) is 2.81. The second-order valence-electron chi connectivity index (χ2n) is 6.51.